The van der Waals surface area contributed by atoms with Crippen LogP contribution in [0.1, 0.15) is 45.2 Å². The number of hydrogen-bond acceptors (Lipinski definition) is 10. The zero-order valence-corrected chi connectivity index (χ0v) is 34.7. The highest BCUT2D eigenvalue weighted by Gasteiger charge is 2.44. The minimum absolute atomic E-state index is 0.00787. The molecule has 0 aliphatic carbocycles. The molecule has 2 aliphatic heterocycles. The number of azide groups is 1. The second-order valence-electron chi connectivity index (χ2n) is 14.7. The Morgan fingerprint density at radius 1 is 0.707 bits per heavy atom. The van der Waals surface area contributed by atoms with Crippen LogP contribution >= 0.6 is 0 Å². The van der Waals surface area contributed by atoms with Crippen molar-refractivity contribution >= 4 is 23.1 Å². The zero-order chi connectivity index (χ0) is 41.5. The van der Waals surface area contributed by atoms with Crippen molar-refractivity contribution in [3.05, 3.63) is 106 Å². The normalized spacial score (nSPS) is 16.1. The van der Waals surface area contributed by atoms with Gasteiger partial charge in [0.1, 0.15) is 6.61 Å². The van der Waals surface area contributed by atoms with Crippen molar-refractivity contribution in [1.82, 2.24) is 0 Å². The molecule has 1 N–H and O–H groups in total. The molecule has 316 valence electrons. The quantitative estimate of drug-likeness (QED) is 0.0224. The maximum Gasteiger partial charge on any atom is 0.305 e. The number of ether oxygens (including phenoxy) is 7. The summed E-state index contributed by atoms with van der Waals surface area (Å²) in [6.45, 7) is 17.0. The molecule has 2 aromatic rings. The smallest absolute Gasteiger partial charge is 0.305 e. The van der Waals surface area contributed by atoms with Crippen molar-refractivity contribution in [1.29, 1.82) is 0 Å². The third-order valence-electron chi connectivity index (χ3n) is 9.97. The topological polar surface area (TPSA) is 157 Å². The second-order valence-corrected chi connectivity index (χ2v) is 14.7. The Balaban J connectivity index is 1.28. The SMILES string of the molecule is CC1(C)C(/C=C/C=C/C=C2\N(CCOCCOCCOCCN=[N+]=[N-])c3ccccc3C2(C)C)=[N+](CCOCCOCCOCCOCCC(=O)O)c2ccccc21. The van der Waals surface area contributed by atoms with E-state index in [2.05, 4.69) is 126 Å². The van der Waals surface area contributed by atoms with Crippen LogP contribution in [0.2, 0.25) is 0 Å². The number of carboxylic acids is 1. The summed E-state index contributed by atoms with van der Waals surface area (Å²) in [5.41, 5.74) is 15.4. The molecule has 0 unspecified atom stereocenters. The van der Waals surface area contributed by atoms with Crippen LogP contribution in [0.15, 0.2) is 89.7 Å². The van der Waals surface area contributed by atoms with E-state index in [4.69, 9.17) is 43.8 Å². The number of para-hydroxylation sites is 2. The van der Waals surface area contributed by atoms with Crippen LogP contribution in [0.25, 0.3) is 10.4 Å². The number of carbonyl (C=O) groups is 1. The molecule has 2 aromatic carbocycles. The van der Waals surface area contributed by atoms with Crippen molar-refractivity contribution in [2.24, 2.45) is 5.11 Å². The molecule has 14 heteroatoms. The molecular weight excluding hydrogens is 743 g/mol. The lowest BCUT2D eigenvalue weighted by molar-refractivity contribution is -0.442. The molecule has 0 saturated heterocycles. The molecule has 0 aromatic heterocycles. The monoisotopic (exact) mass is 804 g/mol. The van der Waals surface area contributed by atoms with Crippen LogP contribution < -0.4 is 4.90 Å². The summed E-state index contributed by atoms with van der Waals surface area (Å²) in [5.74, 6) is -0.873. The third kappa shape index (κ3) is 14.2. The summed E-state index contributed by atoms with van der Waals surface area (Å²) in [7, 11) is 0. The van der Waals surface area contributed by atoms with Crippen LogP contribution in [0.4, 0.5) is 11.4 Å². The van der Waals surface area contributed by atoms with E-state index in [1.54, 1.807) is 0 Å². The molecule has 0 amide bonds. The van der Waals surface area contributed by atoms with Gasteiger partial charge in [-0.1, -0.05) is 73.6 Å². The minimum Gasteiger partial charge on any atom is -0.481 e. The first-order chi connectivity index (χ1) is 28.2. The first-order valence-electron chi connectivity index (χ1n) is 20.1. The molecule has 0 fully saturated rings. The van der Waals surface area contributed by atoms with Crippen LogP contribution in [-0.4, -0.2) is 133 Å². The number of allylic oxidation sites excluding steroid dienone is 6. The molecule has 2 aliphatic rings. The number of benzene rings is 2. The van der Waals surface area contributed by atoms with E-state index in [9.17, 15) is 4.79 Å². The Morgan fingerprint density at radius 3 is 1.90 bits per heavy atom. The van der Waals surface area contributed by atoms with Crippen molar-refractivity contribution in [3.63, 3.8) is 0 Å². The van der Waals surface area contributed by atoms with Crippen molar-refractivity contribution in [3.8, 4) is 0 Å². The Labute approximate surface area is 343 Å². The molecular formula is C44H62N5O9+. The van der Waals surface area contributed by atoms with E-state index < -0.39 is 5.97 Å². The molecule has 2 heterocycles. The maximum absolute atomic E-state index is 10.5. The van der Waals surface area contributed by atoms with E-state index in [1.165, 1.54) is 33.9 Å². The molecule has 0 atom stereocenters. The lowest BCUT2D eigenvalue weighted by atomic mass is 9.81. The van der Waals surface area contributed by atoms with Gasteiger partial charge in [0.2, 0.25) is 5.69 Å². The number of aliphatic carboxylic acids is 1. The van der Waals surface area contributed by atoms with Crippen molar-refractivity contribution in [2.45, 2.75) is 44.9 Å². The van der Waals surface area contributed by atoms with Gasteiger partial charge < -0.3 is 43.2 Å². The highest BCUT2D eigenvalue weighted by molar-refractivity contribution is 6.03. The average molecular weight is 805 g/mol. The Hall–Kier alpha value is -4.37. The van der Waals surface area contributed by atoms with E-state index in [0.29, 0.717) is 99.0 Å². The number of fused-ring (bicyclic) bond motifs is 2. The number of carboxylic acid groups (broad SMARTS) is 1. The van der Waals surface area contributed by atoms with Gasteiger partial charge in [-0.3, -0.25) is 4.79 Å². The Bertz CT molecular complexity index is 1750. The number of rotatable bonds is 30. The lowest BCUT2D eigenvalue weighted by Gasteiger charge is -2.27. The van der Waals surface area contributed by atoms with Gasteiger partial charge in [-0.05, 0) is 37.1 Å². The molecule has 14 nitrogen and oxygen atoms in total. The molecule has 0 bridgehead atoms. The fraction of sp³-hybridized carbons (Fsp3) is 0.545. The molecule has 4 rings (SSSR count). The van der Waals surface area contributed by atoms with E-state index in [0.717, 1.165) is 6.54 Å². The molecule has 58 heavy (non-hydrogen) atoms. The summed E-state index contributed by atoms with van der Waals surface area (Å²) < 4.78 is 41.6. The van der Waals surface area contributed by atoms with Gasteiger partial charge in [0.25, 0.3) is 0 Å². The van der Waals surface area contributed by atoms with Gasteiger partial charge in [0, 0.05) is 52.5 Å². The van der Waals surface area contributed by atoms with Crippen LogP contribution in [0, 0.1) is 0 Å². The number of anilines is 1. The van der Waals surface area contributed by atoms with E-state index in [1.807, 2.05) is 0 Å². The second kappa shape index (κ2) is 25.2. The van der Waals surface area contributed by atoms with Crippen LogP contribution in [-0.2, 0) is 48.8 Å². The molecule has 0 radical (unpaired) electrons. The standard InChI is InChI=1S/C44H61N5O9/c1-43(2)36-12-8-10-14-38(36)48(20-24-54-28-32-57-31-27-53-23-19-46-47-45)40(43)16-6-5-7-17-41-44(3,4)37-13-9-11-15-39(37)49(41)21-25-55-29-33-58-35-34-56-30-26-52-22-18-42(50)51/h5-17H,18-35H2,1-4H3/p+1. The summed E-state index contributed by atoms with van der Waals surface area (Å²) in [4.78, 5) is 15.6. The summed E-state index contributed by atoms with van der Waals surface area (Å²) in [5, 5.41) is 12.1. The van der Waals surface area contributed by atoms with Gasteiger partial charge in [-0.15, -0.1) is 0 Å². The fourth-order valence-electron chi connectivity index (χ4n) is 7.05. The van der Waals surface area contributed by atoms with Gasteiger partial charge in [0.05, 0.1) is 97.7 Å². The Kier molecular flexibility index (Phi) is 20.1. The van der Waals surface area contributed by atoms with Crippen molar-refractivity contribution < 1.29 is 47.6 Å². The Morgan fingerprint density at radius 2 is 1.26 bits per heavy atom. The van der Waals surface area contributed by atoms with Gasteiger partial charge >= 0.3 is 5.97 Å². The minimum atomic E-state index is -0.873. The average Bonchev–Trinajstić information content (AvgIpc) is 3.56. The van der Waals surface area contributed by atoms with Gasteiger partial charge in [-0.2, -0.15) is 4.58 Å². The predicted octanol–water partition coefficient (Wildman–Crippen LogP) is 6.76. The summed E-state index contributed by atoms with van der Waals surface area (Å²) >= 11 is 0. The highest BCUT2D eigenvalue weighted by atomic mass is 16.6. The van der Waals surface area contributed by atoms with E-state index in [-0.39, 0.29) is 23.9 Å². The van der Waals surface area contributed by atoms with Crippen LogP contribution in [0.5, 0.6) is 0 Å². The van der Waals surface area contributed by atoms with E-state index >= 15 is 0 Å². The fourth-order valence-corrected chi connectivity index (χ4v) is 7.05. The third-order valence-corrected chi connectivity index (χ3v) is 9.97. The molecule has 0 spiro atoms. The predicted molar refractivity (Wildman–Crippen MR) is 224 cm³/mol. The number of nitrogens with zero attached hydrogens (tertiary/aromatic N) is 5. The first-order valence-corrected chi connectivity index (χ1v) is 20.1. The maximum atomic E-state index is 10.5. The number of hydrogen-bond donors (Lipinski definition) is 1. The van der Waals surface area contributed by atoms with Gasteiger partial charge in [0.15, 0.2) is 12.3 Å². The van der Waals surface area contributed by atoms with Gasteiger partial charge in [-0.25, -0.2) is 0 Å². The zero-order valence-electron chi connectivity index (χ0n) is 34.7. The summed E-state index contributed by atoms with van der Waals surface area (Å²) in [6, 6.07) is 17.2. The lowest BCUT2D eigenvalue weighted by Crippen LogP contribution is -2.29. The molecule has 0 saturated carbocycles. The largest absolute Gasteiger partial charge is 0.481 e. The summed E-state index contributed by atoms with van der Waals surface area (Å²) in [6.07, 6.45) is 10.8. The van der Waals surface area contributed by atoms with Crippen LogP contribution in [0.3, 0.4) is 0 Å². The highest BCUT2D eigenvalue weighted by Crippen LogP contribution is 2.47. The van der Waals surface area contributed by atoms with Crippen molar-refractivity contribution in [2.75, 3.05) is 117 Å². The first kappa shape index (κ1) is 46.3.